The maximum Gasteiger partial charge on any atom is 0.333 e. The first-order chi connectivity index (χ1) is 18.0. The van der Waals surface area contributed by atoms with E-state index in [-0.39, 0.29) is 29.8 Å². The lowest BCUT2D eigenvalue weighted by molar-refractivity contribution is -0.146. The van der Waals surface area contributed by atoms with Crippen LogP contribution in [0.15, 0.2) is 40.2 Å². The number of rotatable bonds is 9. The number of nitrogens with zero attached hydrogens (tertiary/aromatic N) is 6. The molecular weight excluding hydrogens is 515 g/mol. The van der Waals surface area contributed by atoms with Crippen molar-refractivity contribution >= 4 is 27.5 Å². The Morgan fingerprint density at radius 3 is 2.58 bits per heavy atom. The molecule has 3 aromatic heterocycles. The summed E-state index contributed by atoms with van der Waals surface area (Å²) >= 11 is 1.10. The maximum absolute atomic E-state index is 14.2. The van der Waals surface area contributed by atoms with Crippen LogP contribution in [0.2, 0.25) is 0 Å². The van der Waals surface area contributed by atoms with Gasteiger partial charge in [-0.15, -0.1) is 4.80 Å². The van der Waals surface area contributed by atoms with E-state index in [0.717, 1.165) is 11.3 Å². The van der Waals surface area contributed by atoms with Gasteiger partial charge in [0.15, 0.2) is 0 Å². The number of fused-ring (bicyclic) bond motifs is 1. The second kappa shape index (κ2) is 10.3. The van der Waals surface area contributed by atoms with E-state index in [4.69, 9.17) is 10.00 Å². The summed E-state index contributed by atoms with van der Waals surface area (Å²) in [6.07, 6.45) is 2.12. The molecule has 1 aromatic carbocycles. The number of benzene rings is 1. The molecule has 1 atom stereocenters. The zero-order valence-corrected chi connectivity index (χ0v) is 22.0. The molecule has 0 radical (unpaired) electrons. The molecule has 0 saturated heterocycles. The van der Waals surface area contributed by atoms with Gasteiger partial charge in [0, 0.05) is 5.56 Å². The minimum Gasteiger partial charge on any atom is -0.480 e. The number of hydrogen-bond acceptors (Lipinski definition) is 8. The number of nitriles is 1. The zero-order valence-electron chi connectivity index (χ0n) is 21.1. The Morgan fingerprint density at radius 1 is 1.26 bits per heavy atom. The maximum atomic E-state index is 14.2. The van der Waals surface area contributed by atoms with Crippen molar-refractivity contribution in [2.75, 3.05) is 6.61 Å². The number of carbonyl (C=O) groups is 1. The van der Waals surface area contributed by atoms with Crippen LogP contribution < -0.4 is 11.2 Å². The monoisotopic (exact) mass is 540 g/mol. The van der Waals surface area contributed by atoms with Gasteiger partial charge in [-0.25, -0.2) is 18.5 Å². The van der Waals surface area contributed by atoms with Crippen molar-refractivity contribution in [3.05, 3.63) is 73.9 Å². The third kappa shape index (κ3) is 4.64. The van der Waals surface area contributed by atoms with Crippen molar-refractivity contribution in [1.82, 2.24) is 24.1 Å². The van der Waals surface area contributed by atoms with Crippen LogP contribution in [0.1, 0.15) is 43.1 Å². The fourth-order valence-electron chi connectivity index (χ4n) is 4.21. The predicted molar refractivity (Wildman–Crippen MR) is 137 cm³/mol. The van der Waals surface area contributed by atoms with Gasteiger partial charge in [0.1, 0.15) is 27.3 Å². The molecule has 11 nitrogen and oxygen atoms in total. The van der Waals surface area contributed by atoms with Gasteiger partial charge in [-0.05, 0) is 51.0 Å². The molecule has 0 aliphatic carbocycles. The number of thiophene rings is 1. The van der Waals surface area contributed by atoms with Crippen LogP contribution in [-0.2, 0) is 21.6 Å². The smallest absolute Gasteiger partial charge is 0.333 e. The largest absolute Gasteiger partial charge is 0.480 e. The van der Waals surface area contributed by atoms with Crippen molar-refractivity contribution in [2.24, 2.45) is 0 Å². The summed E-state index contributed by atoms with van der Waals surface area (Å²) in [4.78, 5) is 41.2. The second-order valence-corrected chi connectivity index (χ2v) is 10.2. The Labute approximate surface area is 219 Å². The first-order valence-electron chi connectivity index (χ1n) is 11.6. The Bertz CT molecular complexity index is 1680. The van der Waals surface area contributed by atoms with E-state index in [1.165, 1.54) is 47.7 Å². The number of aliphatic carboxylic acids is 1. The highest BCUT2D eigenvalue weighted by Gasteiger charge is 2.36. The van der Waals surface area contributed by atoms with E-state index in [1.807, 2.05) is 6.07 Å². The van der Waals surface area contributed by atoms with E-state index in [9.17, 15) is 23.9 Å². The number of halogens is 1. The van der Waals surface area contributed by atoms with Crippen LogP contribution in [-0.4, -0.2) is 41.8 Å². The highest BCUT2D eigenvalue weighted by molar-refractivity contribution is 7.21. The van der Waals surface area contributed by atoms with Gasteiger partial charge in [-0.1, -0.05) is 17.4 Å². The zero-order chi connectivity index (χ0) is 27.8. The quantitative estimate of drug-likeness (QED) is 0.319. The van der Waals surface area contributed by atoms with E-state index < -0.39 is 34.7 Å². The lowest BCUT2D eigenvalue weighted by atomic mass is 10.0. The lowest BCUT2D eigenvalue weighted by Crippen LogP contribution is -2.52. The van der Waals surface area contributed by atoms with Gasteiger partial charge in [0.05, 0.1) is 43.4 Å². The minimum atomic E-state index is -1.88. The number of aryl methyl sites for hydroxylation is 2. The molecule has 0 fully saturated rings. The third-order valence-electron chi connectivity index (χ3n) is 6.34. The Hall–Kier alpha value is -4.15. The van der Waals surface area contributed by atoms with Crippen molar-refractivity contribution in [3.8, 4) is 11.1 Å². The summed E-state index contributed by atoms with van der Waals surface area (Å²) < 4.78 is 22.2. The molecule has 0 amide bonds. The van der Waals surface area contributed by atoms with Gasteiger partial charge in [0.25, 0.3) is 5.56 Å². The molecule has 0 aliphatic heterocycles. The number of carboxylic acids is 1. The van der Waals surface area contributed by atoms with Gasteiger partial charge >= 0.3 is 11.7 Å². The average molecular weight is 541 g/mol. The number of aromatic nitrogens is 5. The van der Waals surface area contributed by atoms with Gasteiger partial charge in [0.2, 0.25) is 0 Å². The molecule has 3 heterocycles. The fraction of sp³-hybridized carbons (Fsp3) is 0.360. The fourth-order valence-corrected chi connectivity index (χ4v) is 5.43. The molecule has 0 bridgehead atoms. The molecule has 0 saturated carbocycles. The molecule has 1 N–H and O–H groups in total. The molecular formula is C25H25FN6O5S. The van der Waals surface area contributed by atoms with Crippen molar-refractivity contribution in [2.45, 2.75) is 52.3 Å². The van der Waals surface area contributed by atoms with Crippen LogP contribution >= 0.6 is 11.3 Å². The van der Waals surface area contributed by atoms with E-state index in [2.05, 4.69) is 10.2 Å². The number of carboxylic acid groups (broad SMARTS) is 1. The molecule has 0 spiro atoms. The van der Waals surface area contributed by atoms with Crippen LogP contribution in [0.4, 0.5) is 4.39 Å². The number of hydrogen-bond donors (Lipinski definition) is 1. The summed E-state index contributed by atoms with van der Waals surface area (Å²) in [5, 5.41) is 27.8. The molecule has 198 valence electrons. The van der Waals surface area contributed by atoms with Gasteiger partial charge in [-0.3, -0.25) is 9.36 Å². The highest BCUT2D eigenvalue weighted by Crippen LogP contribution is 2.32. The topological polar surface area (TPSA) is 145 Å². The summed E-state index contributed by atoms with van der Waals surface area (Å²) in [6, 6.07) is 6.17. The van der Waals surface area contributed by atoms with Crippen LogP contribution in [0.5, 0.6) is 0 Å². The summed E-state index contributed by atoms with van der Waals surface area (Å²) in [5.74, 6) is -1.87. The van der Waals surface area contributed by atoms with Crippen molar-refractivity contribution < 1.29 is 19.0 Å². The van der Waals surface area contributed by atoms with E-state index in [0.29, 0.717) is 26.3 Å². The Kier molecular flexibility index (Phi) is 7.30. The lowest BCUT2D eigenvalue weighted by Gasteiger charge is -2.25. The minimum absolute atomic E-state index is 0.0151. The average Bonchev–Trinajstić information content (AvgIpc) is 3.50. The molecule has 38 heavy (non-hydrogen) atoms. The molecule has 0 aliphatic rings. The first kappa shape index (κ1) is 26.9. The second-order valence-electron chi connectivity index (χ2n) is 9.20. The Balaban J connectivity index is 2.03. The van der Waals surface area contributed by atoms with Gasteiger partial charge < -0.3 is 9.84 Å². The summed E-state index contributed by atoms with van der Waals surface area (Å²) in [7, 11) is 0. The number of ether oxygens (including phenoxy) is 1. The molecule has 13 heteroatoms. The molecule has 0 unspecified atom stereocenters. The standard InChI is InChI=1S/C25H25FN6O5S/c1-14-6-7-16(26)12-17(14)18(37-11-5-8-27)13-30-22-19(15(2)21(38-22)32-28-9-10-29-32)20(33)31(24(30)36)25(3,4)23(34)35/h6-7,9-10,12,18H,5,11,13H2,1-4H3,(H,34,35)/t18-/m0/s1. The van der Waals surface area contributed by atoms with Crippen LogP contribution in [0.25, 0.3) is 15.2 Å². The Morgan fingerprint density at radius 2 is 1.95 bits per heavy atom. The molecule has 4 aromatic rings. The van der Waals surface area contributed by atoms with E-state index in [1.54, 1.807) is 19.9 Å². The van der Waals surface area contributed by atoms with Crippen LogP contribution in [0.3, 0.4) is 0 Å². The van der Waals surface area contributed by atoms with Crippen molar-refractivity contribution in [3.63, 3.8) is 0 Å². The van der Waals surface area contributed by atoms with Gasteiger partial charge in [-0.2, -0.15) is 15.5 Å². The SMILES string of the molecule is Cc1ccc(F)cc1[C@H](Cn1c(=O)n(C(C)(C)C(=O)O)c(=O)c2c(C)c(-n3nccn3)sc21)OCCC#N. The van der Waals surface area contributed by atoms with Crippen LogP contribution in [0, 0.1) is 31.0 Å². The van der Waals surface area contributed by atoms with Crippen molar-refractivity contribution in [1.29, 1.82) is 5.26 Å². The normalized spacial score (nSPS) is 12.5. The predicted octanol–water partition coefficient (Wildman–Crippen LogP) is 3.05. The summed E-state index contributed by atoms with van der Waals surface area (Å²) in [6.45, 7) is 5.81. The third-order valence-corrected chi connectivity index (χ3v) is 7.62. The highest BCUT2D eigenvalue weighted by atomic mass is 32.1. The first-order valence-corrected chi connectivity index (χ1v) is 12.4. The molecule has 4 rings (SSSR count). The summed E-state index contributed by atoms with van der Waals surface area (Å²) in [5.41, 5.74) is -1.88. The van der Waals surface area contributed by atoms with E-state index >= 15 is 0 Å².